The van der Waals surface area contributed by atoms with Crippen LogP contribution >= 0.6 is 0 Å². The van der Waals surface area contributed by atoms with Crippen molar-refractivity contribution in [2.75, 3.05) is 18.4 Å². The largest absolute Gasteiger partial charge is 0.478 e. The number of unbranched alkanes of at least 4 members (excludes halogenated alkanes) is 2. The first-order valence-corrected chi connectivity index (χ1v) is 13.7. The van der Waals surface area contributed by atoms with Crippen molar-refractivity contribution in [1.29, 1.82) is 0 Å². The highest BCUT2D eigenvalue weighted by Gasteiger charge is 2.45. The minimum absolute atomic E-state index is 0.00341. The molecule has 1 aliphatic heterocycles. The topological polar surface area (TPSA) is 159 Å². The highest BCUT2D eigenvalue weighted by molar-refractivity contribution is 7.89. The summed E-state index contributed by atoms with van der Waals surface area (Å²) in [6.45, 7) is 6.20. The van der Waals surface area contributed by atoms with E-state index in [4.69, 9.17) is 4.84 Å². The maximum Gasteiger partial charge on any atom is 0.345 e. The van der Waals surface area contributed by atoms with E-state index in [1.165, 1.54) is 0 Å². The third-order valence-corrected chi connectivity index (χ3v) is 7.91. The van der Waals surface area contributed by atoms with Gasteiger partial charge in [0.15, 0.2) is 6.10 Å². The van der Waals surface area contributed by atoms with Gasteiger partial charge in [-0.15, -0.1) is 0 Å². The van der Waals surface area contributed by atoms with Crippen LogP contribution in [0.3, 0.4) is 0 Å². The number of aryl methyl sites for hydroxylation is 3. The Hall–Kier alpha value is -3.06. The molecule has 2 unspecified atom stereocenters. The van der Waals surface area contributed by atoms with Crippen LogP contribution in [0.4, 0.5) is 5.82 Å². The van der Waals surface area contributed by atoms with E-state index < -0.39 is 33.7 Å². The van der Waals surface area contributed by atoms with Crippen LogP contribution in [0.1, 0.15) is 48.8 Å². The van der Waals surface area contributed by atoms with Crippen LogP contribution in [0.25, 0.3) is 0 Å². The SMILES string of the molecule is Cc1cc(C)c(S(=O)(=O)NC(CCCCCNc2ccccn2)(NC(=O)C2CCNO2)C(=O)O)c(C)c1. The quantitative estimate of drug-likeness (QED) is 0.192. The van der Waals surface area contributed by atoms with E-state index in [-0.39, 0.29) is 11.3 Å². The van der Waals surface area contributed by atoms with Crippen LogP contribution in [0.2, 0.25) is 0 Å². The van der Waals surface area contributed by atoms with E-state index in [9.17, 15) is 23.1 Å². The molecule has 1 amide bonds. The number of sulfonamides is 1. The van der Waals surface area contributed by atoms with E-state index in [2.05, 4.69) is 25.8 Å². The van der Waals surface area contributed by atoms with Crippen LogP contribution in [0.15, 0.2) is 41.4 Å². The van der Waals surface area contributed by atoms with Gasteiger partial charge in [-0.2, -0.15) is 4.72 Å². The minimum Gasteiger partial charge on any atom is -0.478 e. The van der Waals surface area contributed by atoms with Gasteiger partial charge >= 0.3 is 5.97 Å². The van der Waals surface area contributed by atoms with E-state index in [1.54, 1.807) is 32.2 Å². The van der Waals surface area contributed by atoms with Gasteiger partial charge in [-0.3, -0.25) is 9.63 Å². The molecule has 0 saturated carbocycles. The van der Waals surface area contributed by atoms with Crippen molar-refractivity contribution in [2.45, 2.75) is 69.5 Å². The average molecular weight is 534 g/mol. The number of hydroxylamine groups is 1. The zero-order valence-electron chi connectivity index (χ0n) is 21.3. The molecule has 1 fully saturated rings. The van der Waals surface area contributed by atoms with E-state index in [1.807, 2.05) is 25.1 Å². The smallest absolute Gasteiger partial charge is 0.345 e. The number of benzene rings is 1. The molecule has 0 bridgehead atoms. The number of amides is 1. The second-order valence-corrected chi connectivity index (χ2v) is 10.9. The third kappa shape index (κ3) is 7.48. The zero-order valence-corrected chi connectivity index (χ0v) is 22.2. The van der Waals surface area contributed by atoms with Gasteiger partial charge in [-0.1, -0.05) is 30.2 Å². The fourth-order valence-electron chi connectivity index (χ4n) is 4.47. The number of pyridine rings is 1. The third-order valence-electron chi connectivity index (χ3n) is 6.11. The normalized spacial score (nSPS) is 17.2. The molecule has 11 nitrogen and oxygen atoms in total. The van der Waals surface area contributed by atoms with Gasteiger partial charge in [0, 0.05) is 19.3 Å². The summed E-state index contributed by atoms with van der Waals surface area (Å²) in [6, 6.07) is 8.96. The number of rotatable bonds is 13. The van der Waals surface area contributed by atoms with Crippen molar-refractivity contribution in [3.8, 4) is 0 Å². The number of nitrogens with one attached hydrogen (secondary N) is 4. The molecule has 0 spiro atoms. The number of carbonyl (C=O) groups is 2. The number of aromatic nitrogens is 1. The van der Waals surface area contributed by atoms with Crippen LogP contribution in [-0.2, 0) is 24.4 Å². The van der Waals surface area contributed by atoms with Gasteiger partial charge < -0.3 is 15.7 Å². The first-order chi connectivity index (χ1) is 17.5. The summed E-state index contributed by atoms with van der Waals surface area (Å²) >= 11 is 0. The molecule has 2 atom stereocenters. The fraction of sp³-hybridized carbons (Fsp3) is 0.480. The minimum atomic E-state index is -4.32. The number of carboxylic acid groups (broad SMARTS) is 1. The molecule has 2 heterocycles. The number of carbonyl (C=O) groups excluding carboxylic acids is 1. The van der Waals surface area contributed by atoms with E-state index >= 15 is 0 Å². The van der Waals surface area contributed by atoms with Crippen molar-refractivity contribution < 1.29 is 28.0 Å². The Morgan fingerprint density at radius 1 is 1.16 bits per heavy atom. The Bertz CT molecular complexity index is 1180. The summed E-state index contributed by atoms with van der Waals surface area (Å²) in [5.74, 6) is -1.47. The summed E-state index contributed by atoms with van der Waals surface area (Å²) in [6.07, 6.45) is 2.57. The maximum absolute atomic E-state index is 13.5. The maximum atomic E-state index is 13.5. The molecule has 1 saturated heterocycles. The predicted octanol–water partition coefficient (Wildman–Crippen LogP) is 2.15. The second kappa shape index (κ2) is 12.5. The summed E-state index contributed by atoms with van der Waals surface area (Å²) in [4.78, 5) is 34.8. The molecule has 1 aromatic carbocycles. The standard InChI is InChI=1S/C25H35N5O6S/c1-17-15-18(2)22(19(3)16-17)37(34,35)30-25(24(32)33,29-23(31)20-10-14-28-36-20)11-6-4-7-12-26-21-9-5-8-13-27-21/h5,8-9,13,15-16,20,28,30H,4,6-7,10-12,14H2,1-3H3,(H,26,27)(H,29,31)(H,32,33). The van der Waals surface area contributed by atoms with Crippen molar-refractivity contribution in [1.82, 2.24) is 20.5 Å². The molecule has 1 aromatic heterocycles. The van der Waals surface area contributed by atoms with Crippen LogP contribution < -0.4 is 20.8 Å². The van der Waals surface area contributed by atoms with E-state index in [0.29, 0.717) is 49.9 Å². The Kier molecular flexibility index (Phi) is 9.60. The van der Waals surface area contributed by atoms with E-state index in [0.717, 1.165) is 11.4 Å². The van der Waals surface area contributed by atoms with Crippen molar-refractivity contribution in [2.24, 2.45) is 0 Å². The Balaban J connectivity index is 1.78. The number of hydrogen-bond acceptors (Lipinski definition) is 8. The van der Waals surface area contributed by atoms with Gasteiger partial charge in [0.2, 0.25) is 15.7 Å². The number of aliphatic carboxylic acids is 1. The van der Waals surface area contributed by atoms with Gasteiger partial charge in [-0.25, -0.2) is 23.7 Å². The van der Waals surface area contributed by atoms with Gasteiger partial charge in [0.1, 0.15) is 5.82 Å². The average Bonchev–Trinajstić information content (AvgIpc) is 3.36. The van der Waals surface area contributed by atoms with Crippen LogP contribution in [0.5, 0.6) is 0 Å². The molecule has 12 heteroatoms. The molecule has 37 heavy (non-hydrogen) atoms. The van der Waals surface area contributed by atoms with Crippen LogP contribution in [0, 0.1) is 20.8 Å². The highest BCUT2D eigenvalue weighted by Crippen LogP contribution is 2.25. The molecular weight excluding hydrogens is 498 g/mol. The lowest BCUT2D eigenvalue weighted by atomic mass is 10.0. The second-order valence-electron chi connectivity index (χ2n) is 9.27. The molecule has 2 aromatic rings. The highest BCUT2D eigenvalue weighted by atomic mass is 32.2. The molecule has 0 aliphatic carbocycles. The number of nitrogens with zero attached hydrogens (tertiary/aromatic N) is 1. The molecule has 202 valence electrons. The van der Waals surface area contributed by atoms with Gasteiger partial charge in [-0.05, 0) is 69.7 Å². The molecule has 3 rings (SSSR count). The predicted molar refractivity (Wildman–Crippen MR) is 138 cm³/mol. The summed E-state index contributed by atoms with van der Waals surface area (Å²) in [5.41, 5.74) is 2.19. The number of hydrogen-bond donors (Lipinski definition) is 5. The van der Waals surface area contributed by atoms with Gasteiger partial charge in [0.05, 0.1) is 4.90 Å². The van der Waals surface area contributed by atoms with Crippen LogP contribution in [-0.4, -0.2) is 55.2 Å². The first-order valence-electron chi connectivity index (χ1n) is 12.2. The lowest BCUT2D eigenvalue weighted by Gasteiger charge is -2.32. The number of carboxylic acids is 1. The van der Waals surface area contributed by atoms with Crippen molar-refractivity contribution in [3.63, 3.8) is 0 Å². The monoisotopic (exact) mass is 533 g/mol. The lowest BCUT2D eigenvalue weighted by molar-refractivity contribution is -0.151. The first kappa shape index (κ1) is 28.5. The molecular formula is C25H35N5O6S. The fourth-order valence-corrected chi connectivity index (χ4v) is 6.24. The van der Waals surface area contributed by atoms with Crippen molar-refractivity contribution >= 4 is 27.7 Å². The van der Waals surface area contributed by atoms with Gasteiger partial charge in [0.25, 0.3) is 5.91 Å². The Labute approximate surface area is 217 Å². The molecule has 0 radical (unpaired) electrons. The summed E-state index contributed by atoms with van der Waals surface area (Å²) in [5, 5.41) is 15.9. The van der Waals surface area contributed by atoms with Crippen molar-refractivity contribution in [3.05, 3.63) is 53.2 Å². The zero-order chi connectivity index (χ0) is 27.1. The molecule has 5 N–H and O–H groups in total. The Morgan fingerprint density at radius 3 is 2.49 bits per heavy atom. The lowest BCUT2D eigenvalue weighted by Crippen LogP contribution is -2.66. The Morgan fingerprint density at radius 2 is 1.89 bits per heavy atom. The molecule has 1 aliphatic rings. The summed E-state index contributed by atoms with van der Waals surface area (Å²) < 4.78 is 29.4. The number of anilines is 1. The summed E-state index contributed by atoms with van der Waals surface area (Å²) in [7, 11) is -4.32.